The molecule has 2 aromatic rings. The van der Waals surface area contributed by atoms with Crippen molar-refractivity contribution in [1.29, 1.82) is 0 Å². The zero-order chi connectivity index (χ0) is 10.8. The maximum Gasteiger partial charge on any atom is 0.139 e. The summed E-state index contributed by atoms with van der Waals surface area (Å²) in [6.07, 6.45) is 0.270. The van der Waals surface area contributed by atoms with Crippen LogP contribution in [0.4, 0.5) is 0 Å². The van der Waals surface area contributed by atoms with Gasteiger partial charge in [0.25, 0.3) is 0 Å². The summed E-state index contributed by atoms with van der Waals surface area (Å²) in [5.74, 6) is 0. The monoisotopic (exact) mass is 228 g/mol. The Morgan fingerprint density at radius 2 is 1.44 bits per heavy atom. The van der Waals surface area contributed by atoms with Gasteiger partial charge in [-0.05, 0) is 17.7 Å². The van der Waals surface area contributed by atoms with Crippen LogP contribution < -0.4 is 0 Å². The van der Waals surface area contributed by atoms with Crippen LogP contribution in [0.1, 0.15) is 11.7 Å². The van der Waals surface area contributed by atoms with Crippen molar-refractivity contribution >= 4 is 11.8 Å². The molecular weight excluding hydrogens is 216 g/mol. The van der Waals surface area contributed by atoms with E-state index >= 15 is 0 Å². The third-order valence-corrected chi connectivity index (χ3v) is 3.71. The van der Waals surface area contributed by atoms with Gasteiger partial charge in [-0.2, -0.15) is 0 Å². The predicted molar refractivity (Wildman–Crippen MR) is 66.4 cm³/mol. The van der Waals surface area contributed by atoms with Gasteiger partial charge in [0, 0.05) is 4.90 Å². The second kappa shape index (κ2) is 4.32. The normalized spacial score (nSPS) is 23.0. The number of benzene rings is 2. The van der Waals surface area contributed by atoms with Crippen LogP contribution in [-0.2, 0) is 4.74 Å². The molecule has 0 radical (unpaired) electrons. The molecule has 1 fully saturated rings. The first-order valence-electron chi connectivity index (χ1n) is 5.35. The fraction of sp³-hybridized carbons (Fsp3) is 0.143. The number of hydrogen-bond donors (Lipinski definition) is 0. The summed E-state index contributed by atoms with van der Waals surface area (Å²) in [6.45, 7) is 0. The van der Waals surface area contributed by atoms with E-state index in [2.05, 4.69) is 48.5 Å². The van der Waals surface area contributed by atoms with Crippen molar-refractivity contribution in [3.05, 3.63) is 66.2 Å². The van der Waals surface area contributed by atoms with Gasteiger partial charge in [0.05, 0.1) is 0 Å². The van der Waals surface area contributed by atoms with Crippen LogP contribution in [0.15, 0.2) is 65.6 Å². The molecule has 2 aromatic carbocycles. The van der Waals surface area contributed by atoms with Gasteiger partial charge < -0.3 is 4.74 Å². The number of epoxide rings is 1. The number of hydrogen-bond acceptors (Lipinski definition) is 2. The molecule has 80 valence electrons. The second-order valence-electron chi connectivity index (χ2n) is 3.77. The van der Waals surface area contributed by atoms with E-state index in [9.17, 15) is 0 Å². The molecule has 0 N–H and O–H groups in total. The van der Waals surface area contributed by atoms with Gasteiger partial charge in [0.1, 0.15) is 11.5 Å². The molecule has 2 heteroatoms. The minimum Gasteiger partial charge on any atom is -0.353 e. The molecule has 2 atom stereocenters. The average Bonchev–Trinajstić information content (AvgIpc) is 3.11. The van der Waals surface area contributed by atoms with Crippen molar-refractivity contribution in [3.63, 3.8) is 0 Å². The van der Waals surface area contributed by atoms with E-state index in [0.29, 0.717) is 0 Å². The van der Waals surface area contributed by atoms with Crippen LogP contribution in [-0.4, -0.2) is 5.44 Å². The fourth-order valence-electron chi connectivity index (χ4n) is 1.70. The molecule has 16 heavy (non-hydrogen) atoms. The quantitative estimate of drug-likeness (QED) is 0.739. The Bertz CT molecular complexity index is 455. The van der Waals surface area contributed by atoms with Crippen molar-refractivity contribution < 1.29 is 4.74 Å². The molecule has 0 saturated carbocycles. The zero-order valence-electron chi connectivity index (χ0n) is 8.74. The Labute approximate surface area is 99.4 Å². The largest absolute Gasteiger partial charge is 0.353 e. The van der Waals surface area contributed by atoms with Gasteiger partial charge >= 0.3 is 0 Å². The predicted octanol–water partition coefficient (Wildman–Crippen LogP) is 3.88. The number of thioether (sulfide) groups is 1. The SMILES string of the molecule is c1ccc(S[C@H]2O[C@@H]2c2ccccc2)cc1. The molecule has 0 aliphatic carbocycles. The molecule has 1 saturated heterocycles. The lowest BCUT2D eigenvalue weighted by molar-refractivity contribution is 0.406. The van der Waals surface area contributed by atoms with Crippen LogP contribution in [0.3, 0.4) is 0 Å². The smallest absolute Gasteiger partial charge is 0.139 e. The molecule has 3 rings (SSSR count). The minimum atomic E-state index is 0.270. The first-order chi connectivity index (χ1) is 7.93. The first kappa shape index (κ1) is 9.94. The third kappa shape index (κ3) is 2.13. The average molecular weight is 228 g/mol. The minimum absolute atomic E-state index is 0.270. The van der Waals surface area contributed by atoms with Crippen molar-refractivity contribution in [2.24, 2.45) is 0 Å². The molecule has 1 heterocycles. The van der Waals surface area contributed by atoms with Gasteiger partial charge in [-0.3, -0.25) is 0 Å². The van der Waals surface area contributed by atoms with Gasteiger partial charge in [0.2, 0.25) is 0 Å². The second-order valence-corrected chi connectivity index (χ2v) is 4.94. The van der Waals surface area contributed by atoms with E-state index in [1.54, 1.807) is 11.8 Å². The molecule has 0 bridgehead atoms. The Hall–Kier alpha value is -1.25. The van der Waals surface area contributed by atoms with Crippen molar-refractivity contribution in [2.75, 3.05) is 0 Å². The van der Waals surface area contributed by atoms with E-state index in [4.69, 9.17) is 4.74 Å². The van der Waals surface area contributed by atoms with Crippen molar-refractivity contribution in [3.8, 4) is 0 Å². The highest BCUT2D eigenvalue weighted by Gasteiger charge is 2.40. The number of rotatable bonds is 3. The topological polar surface area (TPSA) is 12.5 Å². The fourth-order valence-corrected chi connectivity index (χ4v) is 2.74. The van der Waals surface area contributed by atoms with Crippen LogP contribution >= 0.6 is 11.8 Å². The van der Waals surface area contributed by atoms with E-state index in [0.717, 1.165) is 0 Å². The Kier molecular flexibility index (Phi) is 2.68. The summed E-state index contributed by atoms with van der Waals surface area (Å²) in [7, 11) is 0. The van der Waals surface area contributed by atoms with Crippen LogP contribution in [0, 0.1) is 0 Å². The lowest BCUT2D eigenvalue weighted by atomic mass is 10.2. The van der Waals surface area contributed by atoms with Crippen LogP contribution in [0.25, 0.3) is 0 Å². The lowest BCUT2D eigenvalue weighted by Crippen LogP contribution is -1.83. The van der Waals surface area contributed by atoms with Gasteiger partial charge in [-0.25, -0.2) is 0 Å². The van der Waals surface area contributed by atoms with Crippen LogP contribution in [0.5, 0.6) is 0 Å². The summed E-state index contributed by atoms with van der Waals surface area (Å²) in [6, 6.07) is 20.8. The van der Waals surface area contributed by atoms with E-state index in [1.165, 1.54) is 10.5 Å². The standard InChI is InChI=1S/C14H12OS/c1-3-7-11(8-4-1)13-14(15-13)16-12-9-5-2-6-10-12/h1-10,13-14H/t13-,14-/m1/s1. The highest BCUT2D eigenvalue weighted by Crippen LogP contribution is 2.48. The maximum absolute atomic E-state index is 5.67. The maximum atomic E-state index is 5.67. The number of ether oxygens (including phenoxy) is 1. The summed E-state index contributed by atoms with van der Waals surface area (Å²) < 4.78 is 5.67. The summed E-state index contributed by atoms with van der Waals surface area (Å²) in [5.41, 5.74) is 1.56. The molecule has 0 spiro atoms. The molecule has 1 nitrogen and oxygen atoms in total. The first-order valence-corrected chi connectivity index (χ1v) is 6.23. The van der Waals surface area contributed by atoms with E-state index in [-0.39, 0.29) is 11.5 Å². The summed E-state index contributed by atoms with van der Waals surface area (Å²) >= 11 is 1.79. The zero-order valence-corrected chi connectivity index (χ0v) is 9.56. The van der Waals surface area contributed by atoms with Gasteiger partial charge in [-0.15, -0.1) is 0 Å². The molecular formula is C14H12OS. The molecule has 1 aliphatic rings. The van der Waals surface area contributed by atoms with E-state index < -0.39 is 0 Å². The highest BCUT2D eigenvalue weighted by atomic mass is 32.2. The summed E-state index contributed by atoms with van der Waals surface area (Å²) in [5, 5.41) is 0. The molecule has 0 amide bonds. The molecule has 0 unspecified atom stereocenters. The molecule has 0 aromatic heterocycles. The highest BCUT2D eigenvalue weighted by molar-refractivity contribution is 8.00. The summed E-state index contributed by atoms with van der Waals surface area (Å²) in [4.78, 5) is 1.27. The van der Waals surface area contributed by atoms with Crippen molar-refractivity contribution in [1.82, 2.24) is 0 Å². The Morgan fingerprint density at radius 1 is 0.812 bits per heavy atom. The van der Waals surface area contributed by atoms with Crippen molar-refractivity contribution in [2.45, 2.75) is 16.4 Å². The van der Waals surface area contributed by atoms with E-state index in [1.807, 2.05) is 12.1 Å². The van der Waals surface area contributed by atoms with Crippen LogP contribution in [0.2, 0.25) is 0 Å². The molecule has 1 aliphatic heterocycles. The lowest BCUT2D eigenvalue weighted by Gasteiger charge is -1.96. The van der Waals surface area contributed by atoms with Gasteiger partial charge in [-0.1, -0.05) is 60.3 Å². The Balaban J connectivity index is 1.65. The van der Waals surface area contributed by atoms with Gasteiger partial charge in [0.15, 0.2) is 0 Å². The Morgan fingerprint density at radius 3 is 2.12 bits per heavy atom. The third-order valence-electron chi connectivity index (χ3n) is 2.57.